The van der Waals surface area contributed by atoms with Gasteiger partial charge >= 0.3 is 12.0 Å². The smallest absolute Gasteiger partial charge is 0.317 e. The van der Waals surface area contributed by atoms with Crippen LogP contribution in [-0.4, -0.2) is 48.2 Å². The highest BCUT2D eigenvalue weighted by Crippen LogP contribution is 2.34. The predicted molar refractivity (Wildman–Crippen MR) is 68.2 cm³/mol. The average molecular weight is 257 g/mol. The van der Waals surface area contributed by atoms with Gasteiger partial charge in [0.1, 0.15) is 0 Å². The molecule has 0 aliphatic carbocycles. The van der Waals surface area contributed by atoms with E-state index < -0.39 is 11.4 Å². The number of carboxylic acids is 1. The summed E-state index contributed by atoms with van der Waals surface area (Å²) < 4.78 is 0. The Balaban J connectivity index is 2.68. The van der Waals surface area contributed by atoms with E-state index in [0.717, 1.165) is 12.8 Å². The topological polar surface area (TPSA) is 95.7 Å². The first-order valence-electron chi connectivity index (χ1n) is 6.52. The molecule has 1 unspecified atom stereocenters. The molecule has 1 fully saturated rings. The molecule has 0 aromatic rings. The molecule has 0 aromatic heterocycles. The second kappa shape index (κ2) is 6.58. The fourth-order valence-electron chi connectivity index (χ4n) is 2.56. The summed E-state index contributed by atoms with van der Waals surface area (Å²) >= 11 is 0. The lowest BCUT2D eigenvalue weighted by atomic mass is 9.76. The number of hydrogen-bond acceptors (Lipinski definition) is 3. The SMILES string of the molecule is CCCC1(C(=O)O)CCCN(C(=O)NCCN)C1. The molecule has 104 valence electrons. The van der Waals surface area contributed by atoms with Gasteiger partial charge in [-0.25, -0.2) is 4.79 Å². The number of nitrogens with one attached hydrogen (secondary N) is 1. The van der Waals surface area contributed by atoms with Crippen LogP contribution >= 0.6 is 0 Å². The zero-order chi connectivity index (χ0) is 13.6. The number of nitrogens with two attached hydrogens (primary N) is 1. The number of aliphatic carboxylic acids is 1. The fraction of sp³-hybridized carbons (Fsp3) is 0.833. The van der Waals surface area contributed by atoms with Gasteiger partial charge in [0.15, 0.2) is 0 Å². The zero-order valence-corrected chi connectivity index (χ0v) is 10.9. The minimum atomic E-state index is -0.791. The molecule has 6 heteroatoms. The van der Waals surface area contributed by atoms with Crippen molar-refractivity contribution in [2.24, 2.45) is 11.1 Å². The Labute approximate surface area is 108 Å². The second-order valence-electron chi connectivity index (χ2n) is 4.88. The number of likely N-dealkylation sites (tertiary alicyclic amines) is 1. The van der Waals surface area contributed by atoms with E-state index in [1.807, 2.05) is 6.92 Å². The summed E-state index contributed by atoms with van der Waals surface area (Å²) in [6.45, 7) is 3.70. The van der Waals surface area contributed by atoms with Crippen molar-refractivity contribution in [2.45, 2.75) is 32.6 Å². The van der Waals surface area contributed by atoms with Crippen LogP contribution in [0.3, 0.4) is 0 Å². The van der Waals surface area contributed by atoms with Crippen LogP contribution in [0, 0.1) is 5.41 Å². The molecular weight excluding hydrogens is 234 g/mol. The van der Waals surface area contributed by atoms with Crippen molar-refractivity contribution in [3.05, 3.63) is 0 Å². The first kappa shape index (κ1) is 14.8. The van der Waals surface area contributed by atoms with Gasteiger partial charge in [-0.2, -0.15) is 0 Å². The summed E-state index contributed by atoms with van der Waals surface area (Å²) in [7, 11) is 0. The zero-order valence-electron chi connectivity index (χ0n) is 10.9. The average Bonchev–Trinajstić information content (AvgIpc) is 2.36. The summed E-state index contributed by atoms with van der Waals surface area (Å²) in [4.78, 5) is 24.9. The summed E-state index contributed by atoms with van der Waals surface area (Å²) in [5.74, 6) is -0.791. The number of carboxylic acid groups (broad SMARTS) is 1. The molecule has 1 atom stereocenters. The minimum Gasteiger partial charge on any atom is -0.481 e. The van der Waals surface area contributed by atoms with Gasteiger partial charge < -0.3 is 21.1 Å². The van der Waals surface area contributed by atoms with Crippen molar-refractivity contribution in [1.82, 2.24) is 10.2 Å². The second-order valence-corrected chi connectivity index (χ2v) is 4.88. The van der Waals surface area contributed by atoms with E-state index >= 15 is 0 Å². The Morgan fingerprint density at radius 1 is 1.50 bits per heavy atom. The van der Waals surface area contributed by atoms with Gasteiger partial charge in [0, 0.05) is 26.2 Å². The van der Waals surface area contributed by atoms with E-state index in [0.29, 0.717) is 39.0 Å². The maximum Gasteiger partial charge on any atom is 0.317 e. The molecule has 0 spiro atoms. The van der Waals surface area contributed by atoms with E-state index in [9.17, 15) is 14.7 Å². The summed E-state index contributed by atoms with van der Waals surface area (Å²) in [6.07, 6.45) is 2.81. The molecule has 1 rings (SSSR count). The Morgan fingerprint density at radius 3 is 2.78 bits per heavy atom. The van der Waals surface area contributed by atoms with Crippen molar-refractivity contribution in [1.29, 1.82) is 0 Å². The number of nitrogens with zero attached hydrogens (tertiary/aromatic N) is 1. The van der Waals surface area contributed by atoms with E-state index in [-0.39, 0.29) is 6.03 Å². The van der Waals surface area contributed by atoms with Gasteiger partial charge in [0.05, 0.1) is 5.41 Å². The third-order valence-electron chi connectivity index (χ3n) is 3.47. The number of urea groups is 1. The molecule has 2 amide bonds. The van der Waals surface area contributed by atoms with Gasteiger partial charge in [-0.05, 0) is 19.3 Å². The van der Waals surface area contributed by atoms with E-state index in [4.69, 9.17) is 5.73 Å². The molecule has 1 aliphatic rings. The van der Waals surface area contributed by atoms with Crippen LogP contribution in [0.2, 0.25) is 0 Å². The van der Waals surface area contributed by atoms with Crippen molar-refractivity contribution >= 4 is 12.0 Å². The number of carbonyl (C=O) groups is 2. The molecule has 18 heavy (non-hydrogen) atoms. The molecule has 0 radical (unpaired) electrons. The molecule has 1 heterocycles. The van der Waals surface area contributed by atoms with Gasteiger partial charge in [0.2, 0.25) is 0 Å². The standard InChI is InChI=1S/C12H23N3O3/c1-2-4-12(10(16)17)5-3-8-15(9-12)11(18)14-7-6-13/h2-9,13H2,1H3,(H,14,18)(H,16,17). The van der Waals surface area contributed by atoms with Crippen molar-refractivity contribution in [3.63, 3.8) is 0 Å². The highest BCUT2D eigenvalue weighted by atomic mass is 16.4. The number of hydrogen-bond donors (Lipinski definition) is 3. The summed E-state index contributed by atoms with van der Waals surface area (Å²) in [5.41, 5.74) is 4.56. The van der Waals surface area contributed by atoms with Crippen LogP contribution in [0.4, 0.5) is 4.79 Å². The largest absolute Gasteiger partial charge is 0.481 e. The van der Waals surface area contributed by atoms with Gasteiger partial charge in [0.25, 0.3) is 0 Å². The molecule has 0 saturated carbocycles. The molecule has 6 nitrogen and oxygen atoms in total. The van der Waals surface area contributed by atoms with E-state index in [1.54, 1.807) is 4.90 Å². The van der Waals surface area contributed by atoms with E-state index in [1.165, 1.54) is 0 Å². The minimum absolute atomic E-state index is 0.207. The van der Waals surface area contributed by atoms with Crippen LogP contribution in [0.5, 0.6) is 0 Å². The molecule has 4 N–H and O–H groups in total. The maximum atomic E-state index is 11.8. The Kier molecular flexibility index (Phi) is 5.40. The highest BCUT2D eigenvalue weighted by Gasteiger charge is 2.42. The quantitative estimate of drug-likeness (QED) is 0.673. The van der Waals surface area contributed by atoms with Crippen LogP contribution in [0.25, 0.3) is 0 Å². The Morgan fingerprint density at radius 2 is 2.22 bits per heavy atom. The fourth-order valence-corrected chi connectivity index (χ4v) is 2.56. The predicted octanol–water partition coefficient (Wildman–Crippen LogP) is 0.622. The van der Waals surface area contributed by atoms with Crippen LogP contribution < -0.4 is 11.1 Å². The number of amides is 2. The lowest BCUT2D eigenvalue weighted by molar-refractivity contribution is -0.152. The summed E-state index contributed by atoms with van der Waals surface area (Å²) in [5, 5.41) is 12.1. The number of rotatable bonds is 5. The lowest BCUT2D eigenvalue weighted by Crippen LogP contribution is -2.53. The summed E-state index contributed by atoms with van der Waals surface area (Å²) in [6, 6.07) is -0.207. The van der Waals surface area contributed by atoms with Gasteiger partial charge in [-0.1, -0.05) is 13.3 Å². The van der Waals surface area contributed by atoms with Crippen molar-refractivity contribution in [3.8, 4) is 0 Å². The normalized spacial score (nSPS) is 23.8. The molecular formula is C12H23N3O3. The van der Waals surface area contributed by atoms with Crippen molar-refractivity contribution in [2.75, 3.05) is 26.2 Å². The molecule has 1 saturated heterocycles. The molecule has 1 aliphatic heterocycles. The van der Waals surface area contributed by atoms with Gasteiger partial charge in [-0.15, -0.1) is 0 Å². The third-order valence-corrected chi connectivity index (χ3v) is 3.47. The highest BCUT2D eigenvalue weighted by molar-refractivity contribution is 5.78. The van der Waals surface area contributed by atoms with Crippen LogP contribution in [-0.2, 0) is 4.79 Å². The first-order chi connectivity index (χ1) is 8.55. The number of carbonyl (C=O) groups excluding carboxylic acids is 1. The van der Waals surface area contributed by atoms with E-state index in [2.05, 4.69) is 5.32 Å². The van der Waals surface area contributed by atoms with Crippen molar-refractivity contribution < 1.29 is 14.7 Å². The first-order valence-corrected chi connectivity index (χ1v) is 6.52. The van der Waals surface area contributed by atoms with Crippen LogP contribution in [0.1, 0.15) is 32.6 Å². The monoisotopic (exact) mass is 257 g/mol. The molecule has 0 bridgehead atoms. The third kappa shape index (κ3) is 3.35. The maximum absolute atomic E-state index is 11.8. The van der Waals surface area contributed by atoms with Gasteiger partial charge in [-0.3, -0.25) is 4.79 Å². The van der Waals surface area contributed by atoms with Crippen LogP contribution in [0.15, 0.2) is 0 Å². The Bertz CT molecular complexity index is 305. The molecule has 0 aromatic carbocycles. The Hall–Kier alpha value is -1.30. The number of piperidine rings is 1. The lowest BCUT2D eigenvalue weighted by Gasteiger charge is -2.39.